The number of benzene rings is 2. The lowest BCUT2D eigenvalue weighted by atomic mass is 10.0. The van der Waals surface area contributed by atoms with Gasteiger partial charge in [-0.25, -0.2) is 8.78 Å². The van der Waals surface area contributed by atoms with Gasteiger partial charge in [-0.05, 0) is 45.0 Å². The average molecular weight is 302 g/mol. The van der Waals surface area contributed by atoms with E-state index in [1.54, 1.807) is 24.3 Å². The number of nitrogens with zero attached hydrogens (tertiary/aromatic N) is 2. The number of hydrogen-bond donors (Lipinski definition) is 0. The molecule has 0 spiro atoms. The lowest BCUT2D eigenvalue weighted by Gasteiger charge is -2.36. The molecule has 2 aromatic rings. The molecule has 0 radical (unpaired) electrons. The Hall–Kier alpha value is -2.10. The second kappa shape index (κ2) is 5.27. The first-order chi connectivity index (χ1) is 10.4. The minimum absolute atomic E-state index is 0.135. The van der Waals surface area contributed by atoms with Crippen LogP contribution in [0.2, 0.25) is 0 Å². The normalized spacial score (nSPS) is 20.5. The fourth-order valence-electron chi connectivity index (χ4n) is 3.42. The van der Waals surface area contributed by atoms with E-state index in [1.807, 2.05) is 28.9 Å². The van der Waals surface area contributed by atoms with Gasteiger partial charge in [-0.1, -0.05) is 24.3 Å². The van der Waals surface area contributed by atoms with Crippen LogP contribution in [0.1, 0.15) is 20.8 Å². The van der Waals surface area contributed by atoms with Crippen molar-refractivity contribution >= 4 is 11.4 Å². The van der Waals surface area contributed by atoms with Crippen LogP contribution in [0.4, 0.5) is 20.2 Å². The van der Waals surface area contributed by atoms with E-state index in [4.69, 9.17) is 0 Å². The molecular formula is C18H20F2N2. The Morgan fingerprint density at radius 3 is 1.95 bits per heavy atom. The van der Waals surface area contributed by atoms with Crippen molar-refractivity contribution in [3.8, 4) is 0 Å². The van der Waals surface area contributed by atoms with Crippen molar-refractivity contribution in [1.29, 1.82) is 0 Å². The van der Waals surface area contributed by atoms with Crippen molar-refractivity contribution in [3.05, 3.63) is 60.2 Å². The molecule has 0 N–H and O–H groups in total. The van der Waals surface area contributed by atoms with Gasteiger partial charge in [0.1, 0.15) is 11.6 Å². The molecule has 22 heavy (non-hydrogen) atoms. The van der Waals surface area contributed by atoms with Gasteiger partial charge in [-0.15, -0.1) is 0 Å². The van der Waals surface area contributed by atoms with Crippen LogP contribution in [0.15, 0.2) is 48.5 Å². The molecule has 2 nitrogen and oxygen atoms in total. The van der Waals surface area contributed by atoms with Crippen molar-refractivity contribution in [2.24, 2.45) is 0 Å². The van der Waals surface area contributed by atoms with Gasteiger partial charge in [0.05, 0.1) is 23.1 Å². The third-order valence-corrected chi connectivity index (χ3v) is 4.31. The third-order valence-electron chi connectivity index (χ3n) is 4.31. The third kappa shape index (κ3) is 2.32. The van der Waals surface area contributed by atoms with Gasteiger partial charge in [-0.3, -0.25) is 0 Å². The highest BCUT2D eigenvalue weighted by molar-refractivity contribution is 5.60. The SMILES string of the molecule is CC1N(c2ccccc2F)CC(C)(C)N1c1ccccc1F. The summed E-state index contributed by atoms with van der Waals surface area (Å²) in [6.45, 7) is 6.71. The Labute approximate surface area is 130 Å². The first-order valence-corrected chi connectivity index (χ1v) is 7.47. The summed E-state index contributed by atoms with van der Waals surface area (Å²) in [7, 11) is 0. The van der Waals surface area contributed by atoms with E-state index >= 15 is 0 Å². The smallest absolute Gasteiger partial charge is 0.146 e. The second-order valence-corrected chi connectivity index (χ2v) is 6.35. The average Bonchev–Trinajstić information content (AvgIpc) is 2.70. The van der Waals surface area contributed by atoms with Crippen LogP contribution in [0.3, 0.4) is 0 Å². The Kier molecular flexibility index (Phi) is 3.55. The van der Waals surface area contributed by atoms with Gasteiger partial charge in [0.15, 0.2) is 0 Å². The molecule has 2 aromatic carbocycles. The highest BCUT2D eigenvalue weighted by Gasteiger charge is 2.44. The summed E-state index contributed by atoms with van der Waals surface area (Å²) in [5.74, 6) is -0.502. The zero-order chi connectivity index (χ0) is 15.9. The largest absolute Gasteiger partial charge is 0.347 e. The summed E-state index contributed by atoms with van der Waals surface area (Å²) in [5.41, 5.74) is 0.810. The van der Waals surface area contributed by atoms with Crippen molar-refractivity contribution < 1.29 is 8.78 Å². The summed E-state index contributed by atoms with van der Waals surface area (Å²) in [4.78, 5) is 4.01. The first kappa shape index (κ1) is 14.8. The van der Waals surface area contributed by atoms with Gasteiger partial charge < -0.3 is 9.80 Å². The van der Waals surface area contributed by atoms with Crippen LogP contribution in [0, 0.1) is 11.6 Å². The molecule has 0 aromatic heterocycles. The first-order valence-electron chi connectivity index (χ1n) is 7.47. The van der Waals surface area contributed by atoms with Crippen LogP contribution in [0.25, 0.3) is 0 Å². The maximum absolute atomic E-state index is 14.2. The minimum atomic E-state index is -0.302. The van der Waals surface area contributed by atoms with Crippen LogP contribution >= 0.6 is 0 Å². The monoisotopic (exact) mass is 302 g/mol. The number of halogens is 2. The highest BCUT2D eigenvalue weighted by Crippen LogP contribution is 2.39. The molecule has 0 bridgehead atoms. The van der Waals surface area contributed by atoms with E-state index in [2.05, 4.69) is 13.8 Å². The molecule has 0 amide bonds. The molecule has 1 atom stereocenters. The molecule has 1 heterocycles. The lowest BCUT2D eigenvalue weighted by molar-refractivity contribution is 0.516. The van der Waals surface area contributed by atoms with Crippen LogP contribution in [0.5, 0.6) is 0 Å². The van der Waals surface area contributed by atoms with E-state index in [-0.39, 0.29) is 23.3 Å². The molecule has 1 aliphatic rings. The van der Waals surface area contributed by atoms with Gasteiger partial charge in [0.25, 0.3) is 0 Å². The Morgan fingerprint density at radius 1 is 0.909 bits per heavy atom. The van der Waals surface area contributed by atoms with E-state index < -0.39 is 0 Å². The molecule has 0 aliphatic carbocycles. The van der Waals surface area contributed by atoms with Crippen molar-refractivity contribution in [2.45, 2.75) is 32.5 Å². The van der Waals surface area contributed by atoms with Crippen LogP contribution in [-0.4, -0.2) is 18.2 Å². The molecule has 1 fully saturated rings. The van der Waals surface area contributed by atoms with Crippen molar-refractivity contribution in [1.82, 2.24) is 0 Å². The van der Waals surface area contributed by atoms with Crippen LogP contribution < -0.4 is 9.80 Å². The number of hydrogen-bond acceptors (Lipinski definition) is 2. The predicted molar refractivity (Wildman–Crippen MR) is 86.2 cm³/mol. The Bertz CT molecular complexity index is 684. The van der Waals surface area contributed by atoms with Gasteiger partial charge in [-0.2, -0.15) is 0 Å². The Morgan fingerprint density at radius 2 is 1.41 bits per heavy atom. The van der Waals surface area contributed by atoms with Crippen molar-refractivity contribution in [3.63, 3.8) is 0 Å². The standard InChI is InChI=1S/C18H20F2N2/c1-13-21(16-10-6-4-8-14(16)19)12-18(2,3)22(13)17-11-7-5-9-15(17)20/h4-11,13H,12H2,1-3H3. The summed E-state index contributed by atoms with van der Waals surface area (Å²) < 4.78 is 28.4. The molecule has 1 aliphatic heterocycles. The molecule has 1 saturated heterocycles. The Balaban J connectivity index is 2.03. The molecule has 3 rings (SSSR count). The maximum atomic E-state index is 14.2. The topological polar surface area (TPSA) is 6.48 Å². The quantitative estimate of drug-likeness (QED) is 0.810. The molecule has 116 valence electrons. The van der Waals surface area contributed by atoms with Crippen molar-refractivity contribution in [2.75, 3.05) is 16.3 Å². The summed E-state index contributed by atoms with van der Waals surface area (Å²) in [5, 5.41) is 0. The van der Waals surface area contributed by atoms with Gasteiger partial charge >= 0.3 is 0 Å². The lowest BCUT2D eigenvalue weighted by Crippen LogP contribution is -2.44. The fraction of sp³-hybridized carbons (Fsp3) is 0.333. The molecule has 4 heteroatoms. The fourth-order valence-corrected chi connectivity index (χ4v) is 3.42. The predicted octanol–water partition coefficient (Wildman–Crippen LogP) is 4.42. The van der Waals surface area contributed by atoms with E-state index in [9.17, 15) is 8.78 Å². The summed E-state index contributed by atoms with van der Waals surface area (Å²) in [6.07, 6.45) is -0.135. The van der Waals surface area contributed by atoms with E-state index in [0.29, 0.717) is 17.9 Å². The number of anilines is 2. The number of rotatable bonds is 2. The zero-order valence-corrected chi connectivity index (χ0v) is 13.1. The van der Waals surface area contributed by atoms with E-state index in [0.717, 1.165) is 0 Å². The maximum Gasteiger partial charge on any atom is 0.146 e. The molecule has 1 unspecified atom stereocenters. The number of para-hydroxylation sites is 2. The summed E-state index contributed by atoms with van der Waals surface area (Å²) in [6, 6.07) is 13.5. The zero-order valence-electron chi connectivity index (χ0n) is 13.1. The van der Waals surface area contributed by atoms with E-state index in [1.165, 1.54) is 12.1 Å². The van der Waals surface area contributed by atoms with Gasteiger partial charge in [0, 0.05) is 6.54 Å². The molecular weight excluding hydrogens is 282 g/mol. The highest BCUT2D eigenvalue weighted by atomic mass is 19.1. The van der Waals surface area contributed by atoms with Crippen LogP contribution in [-0.2, 0) is 0 Å². The summed E-state index contributed by atoms with van der Waals surface area (Å²) >= 11 is 0. The molecule has 0 saturated carbocycles. The minimum Gasteiger partial charge on any atom is -0.347 e. The van der Waals surface area contributed by atoms with Gasteiger partial charge in [0.2, 0.25) is 0 Å². The second-order valence-electron chi connectivity index (χ2n) is 6.35.